The lowest BCUT2D eigenvalue weighted by Crippen LogP contribution is -2.26. The predicted octanol–water partition coefficient (Wildman–Crippen LogP) is 3.50. The van der Waals surface area contributed by atoms with Gasteiger partial charge in [-0.15, -0.1) is 0 Å². The SMILES string of the molecule is CCCCN(Cc1ccc([N+](=O)[O-])c(F)c1)C1CC1. The maximum absolute atomic E-state index is 13.6. The van der Waals surface area contributed by atoms with Crippen molar-refractivity contribution in [1.82, 2.24) is 4.90 Å². The summed E-state index contributed by atoms with van der Waals surface area (Å²) in [7, 11) is 0. The number of rotatable bonds is 7. The van der Waals surface area contributed by atoms with Crippen molar-refractivity contribution in [1.29, 1.82) is 0 Å². The van der Waals surface area contributed by atoms with Crippen molar-refractivity contribution in [3.63, 3.8) is 0 Å². The maximum atomic E-state index is 13.6. The Kier molecular flexibility index (Phi) is 4.47. The first kappa shape index (κ1) is 13.9. The first-order valence-electron chi connectivity index (χ1n) is 6.78. The van der Waals surface area contributed by atoms with Gasteiger partial charge in [-0.25, -0.2) is 0 Å². The summed E-state index contributed by atoms with van der Waals surface area (Å²) < 4.78 is 13.6. The van der Waals surface area contributed by atoms with Gasteiger partial charge in [-0.3, -0.25) is 15.0 Å². The molecule has 2 rings (SSSR count). The van der Waals surface area contributed by atoms with Crippen LogP contribution in [0.4, 0.5) is 10.1 Å². The summed E-state index contributed by atoms with van der Waals surface area (Å²) in [4.78, 5) is 12.2. The van der Waals surface area contributed by atoms with E-state index in [4.69, 9.17) is 0 Å². The molecule has 0 bridgehead atoms. The molecule has 0 N–H and O–H groups in total. The van der Waals surface area contributed by atoms with Gasteiger partial charge in [0.2, 0.25) is 5.82 Å². The van der Waals surface area contributed by atoms with Gasteiger partial charge in [0.25, 0.3) is 0 Å². The number of hydrogen-bond donors (Lipinski definition) is 0. The molecule has 0 unspecified atom stereocenters. The Morgan fingerprint density at radius 1 is 1.47 bits per heavy atom. The highest BCUT2D eigenvalue weighted by molar-refractivity contribution is 5.35. The molecule has 0 amide bonds. The van der Waals surface area contributed by atoms with Crippen LogP contribution < -0.4 is 0 Å². The molecule has 1 aliphatic carbocycles. The highest BCUT2D eigenvalue weighted by Gasteiger charge is 2.28. The zero-order valence-corrected chi connectivity index (χ0v) is 11.1. The fourth-order valence-corrected chi connectivity index (χ4v) is 2.22. The molecule has 0 aromatic heterocycles. The Balaban J connectivity index is 2.04. The van der Waals surface area contributed by atoms with E-state index in [2.05, 4.69) is 11.8 Å². The number of nitro benzene ring substituents is 1. The molecule has 0 aliphatic heterocycles. The van der Waals surface area contributed by atoms with Crippen LogP contribution in [-0.2, 0) is 6.54 Å². The van der Waals surface area contributed by atoms with E-state index in [1.807, 2.05) is 0 Å². The fraction of sp³-hybridized carbons (Fsp3) is 0.571. The van der Waals surface area contributed by atoms with Crippen LogP contribution in [0.25, 0.3) is 0 Å². The van der Waals surface area contributed by atoms with Gasteiger partial charge in [0, 0.05) is 18.7 Å². The smallest absolute Gasteiger partial charge is 0.296 e. The summed E-state index contributed by atoms with van der Waals surface area (Å²) in [6.45, 7) is 3.84. The van der Waals surface area contributed by atoms with Crippen molar-refractivity contribution in [2.75, 3.05) is 6.54 Å². The van der Waals surface area contributed by atoms with Gasteiger partial charge < -0.3 is 0 Å². The van der Waals surface area contributed by atoms with Crippen molar-refractivity contribution in [3.05, 3.63) is 39.7 Å². The second-order valence-corrected chi connectivity index (χ2v) is 5.10. The van der Waals surface area contributed by atoms with E-state index in [0.29, 0.717) is 12.6 Å². The number of hydrogen-bond acceptors (Lipinski definition) is 3. The van der Waals surface area contributed by atoms with Gasteiger partial charge >= 0.3 is 5.69 Å². The van der Waals surface area contributed by atoms with Crippen LogP contribution in [0.2, 0.25) is 0 Å². The second kappa shape index (κ2) is 6.10. The molecule has 1 aromatic carbocycles. The molecule has 1 saturated carbocycles. The summed E-state index contributed by atoms with van der Waals surface area (Å²) >= 11 is 0. The van der Waals surface area contributed by atoms with Crippen LogP contribution in [-0.4, -0.2) is 22.4 Å². The lowest BCUT2D eigenvalue weighted by Gasteiger charge is -2.21. The Morgan fingerprint density at radius 2 is 2.21 bits per heavy atom. The van der Waals surface area contributed by atoms with E-state index in [9.17, 15) is 14.5 Å². The van der Waals surface area contributed by atoms with Gasteiger partial charge in [0.1, 0.15) is 0 Å². The number of nitro groups is 1. The average Bonchev–Trinajstić information content (AvgIpc) is 3.18. The van der Waals surface area contributed by atoms with Crippen molar-refractivity contribution < 1.29 is 9.31 Å². The van der Waals surface area contributed by atoms with E-state index in [1.165, 1.54) is 25.0 Å². The molecule has 104 valence electrons. The number of unbranched alkanes of at least 4 members (excludes halogenated alkanes) is 1. The predicted molar refractivity (Wildman–Crippen MR) is 71.4 cm³/mol. The normalized spacial score (nSPS) is 14.9. The standard InChI is InChI=1S/C14H19FN2O2/c1-2-3-8-16(12-5-6-12)10-11-4-7-14(17(18)19)13(15)9-11/h4,7,9,12H,2-3,5-6,8,10H2,1H3. The quantitative estimate of drug-likeness (QED) is 0.560. The molecular formula is C14H19FN2O2. The van der Waals surface area contributed by atoms with E-state index in [0.717, 1.165) is 24.9 Å². The second-order valence-electron chi connectivity index (χ2n) is 5.10. The number of benzene rings is 1. The Bertz CT molecular complexity index is 461. The van der Waals surface area contributed by atoms with E-state index < -0.39 is 16.4 Å². The largest absolute Gasteiger partial charge is 0.304 e. The molecule has 0 atom stereocenters. The number of halogens is 1. The monoisotopic (exact) mass is 266 g/mol. The summed E-state index contributed by atoms with van der Waals surface area (Å²) in [6.07, 6.45) is 4.68. The summed E-state index contributed by atoms with van der Waals surface area (Å²) in [5, 5.41) is 10.6. The van der Waals surface area contributed by atoms with E-state index in [-0.39, 0.29) is 0 Å². The van der Waals surface area contributed by atoms with E-state index in [1.54, 1.807) is 6.07 Å². The first-order valence-corrected chi connectivity index (χ1v) is 6.78. The summed E-state index contributed by atoms with van der Waals surface area (Å²) in [5.74, 6) is -0.742. The van der Waals surface area contributed by atoms with Gasteiger partial charge in [-0.2, -0.15) is 4.39 Å². The molecule has 0 radical (unpaired) electrons. The van der Waals surface area contributed by atoms with Crippen molar-refractivity contribution in [3.8, 4) is 0 Å². The molecule has 1 aliphatic rings. The van der Waals surface area contributed by atoms with Crippen LogP contribution in [0.1, 0.15) is 38.2 Å². The molecule has 1 fully saturated rings. The van der Waals surface area contributed by atoms with Gasteiger partial charge in [0.15, 0.2) is 0 Å². The lowest BCUT2D eigenvalue weighted by molar-refractivity contribution is -0.387. The van der Waals surface area contributed by atoms with Crippen LogP contribution >= 0.6 is 0 Å². The first-order chi connectivity index (χ1) is 9.11. The third-order valence-corrected chi connectivity index (χ3v) is 3.46. The summed E-state index contributed by atoms with van der Waals surface area (Å²) in [6, 6.07) is 4.82. The molecular weight excluding hydrogens is 247 g/mol. The Labute approximate surface area is 112 Å². The molecule has 0 saturated heterocycles. The minimum absolute atomic E-state index is 0.449. The summed E-state index contributed by atoms with van der Waals surface area (Å²) in [5.41, 5.74) is 0.362. The minimum Gasteiger partial charge on any atom is -0.296 e. The highest BCUT2D eigenvalue weighted by atomic mass is 19.1. The van der Waals surface area contributed by atoms with Crippen molar-refractivity contribution in [2.24, 2.45) is 0 Å². The topological polar surface area (TPSA) is 46.4 Å². The molecule has 5 heteroatoms. The van der Waals surface area contributed by atoms with Crippen LogP contribution in [0, 0.1) is 15.9 Å². The molecule has 19 heavy (non-hydrogen) atoms. The third-order valence-electron chi connectivity index (χ3n) is 3.46. The maximum Gasteiger partial charge on any atom is 0.304 e. The van der Waals surface area contributed by atoms with Crippen LogP contribution in [0.5, 0.6) is 0 Å². The lowest BCUT2D eigenvalue weighted by atomic mass is 10.1. The van der Waals surface area contributed by atoms with Gasteiger partial charge in [-0.1, -0.05) is 19.4 Å². The molecule has 4 nitrogen and oxygen atoms in total. The van der Waals surface area contributed by atoms with E-state index >= 15 is 0 Å². The molecule has 0 heterocycles. The third kappa shape index (κ3) is 3.73. The van der Waals surface area contributed by atoms with Gasteiger partial charge in [-0.05, 0) is 37.4 Å². The zero-order valence-electron chi connectivity index (χ0n) is 11.1. The Hall–Kier alpha value is -1.49. The van der Waals surface area contributed by atoms with Crippen molar-refractivity contribution >= 4 is 5.69 Å². The average molecular weight is 266 g/mol. The van der Waals surface area contributed by atoms with Gasteiger partial charge in [0.05, 0.1) is 4.92 Å². The Morgan fingerprint density at radius 3 is 2.74 bits per heavy atom. The van der Waals surface area contributed by atoms with Crippen molar-refractivity contribution in [2.45, 2.75) is 45.2 Å². The number of nitrogens with zero attached hydrogens (tertiary/aromatic N) is 2. The minimum atomic E-state index is -0.742. The highest BCUT2D eigenvalue weighted by Crippen LogP contribution is 2.29. The molecule has 1 aromatic rings. The van der Waals surface area contributed by atoms with Crippen LogP contribution in [0.15, 0.2) is 18.2 Å². The zero-order chi connectivity index (χ0) is 13.8. The molecule has 0 spiro atoms. The van der Waals surface area contributed by atoms with Crippen LogP contribution in [0.3, 0.4) is 0 Å². The fourth-order valence-electron chi connectivity index (χ4n) is 2.22.